The van der Waals surface area contributed by atoms with Gasteiger partial charge in [-0.3, -0.25) is 4.79 Å². The van der Waals surface area contributed by atoms with Gasteiger partial charge in [-0.05, 0) is 43.0 Å². The highest BCUT2D eigenvalue weighted by Gasteiger charge is 2.33. The number of alkyl halides is 3. The van der Waals surface area contributed by atoms with E-state index in [-0.39, 0.29) is 11.8 Å². The zero-order chi connectivity index (χ0) is 14.8. The summed E-state index contributed by atoms with van der Waals surface area (Å²) < 4.78 is 38.5. The van der Waals surface area contributed by atoms with Gasteiger partial charge >= 0.3 is 6.18 Å². The molecule has 0 N–H and O–H groups in total. The van der Waals surface area contributed by atoms with E-state index >= 15 is 0 Å². The Labute approximate surface area is 117 Å². The second-order valence-corrected chi connectivity index (χ2v) is 4.99. The fourth-order valence-electron chi connectivity index (χ4n) is 1.53. The van der Waals surface area contributed by atoms with Crippen LogP contribution in [-0.4, -0.2) is 16.3 Å². The first-order valence-corrected chi connectivity index (χ1v) is 6.36. The summed E-state index contributed by atoms with van der Waals surface area (Å²) in [4.78, 5) is 19.1. The molecule has 2 rings (SSSR count). The van der Waals surface area contributed by atoms with E-state index in [0.717, 1.165) is 29.6 Å². The molecule has 0 saturated carbocycles. The minimum Gasteiger partial charge on any atom is -0.298 e. The Morgan fingerprint density at radius 1 is 1.25 bits per heavy atom. The molecule has 0 saturated heterocycles. The van der Waals surface area contributed by atoms with Crippen LogP contribution in [-0.2, 0) is 6.18 Å². The van der Waals surface area contributed by atoms with Crippen molar-refractivity contribution in [3.63, 3.8) is 0 Å². The summed E-state index contributed by atoms with van der Waals surface area (Å²) in [6.07, 6.45) is -2.84. The number of aromatic nitrogens is 2. The van der Waals surface area contributed by atoms with Crippen LogP contribution in [0.1, 0.15) is 21.6 Å². The summed E-state index contributed by atoms with van der Waals surface area (Å²) in [7, 11) is 0. The number of carbonyl (C=O) groups excluding carboxylic acids is 1. The van der Waals surface area contributed by atoms with Crippen LogP contribution in [0.3, 0.4) is 0 Å². The SMILES string of the molecule is Cc1ccnc(Sc2ccc(C=O)c(C(F)(F)F)c2)n1. The van der Waals surface area contributed by atoms with Gasteiger partial charge in [0.05, 0.1) is 5.56 Å². The molecule has 0 unspecified atom stereocenters. The van der Waals surface area contributed by atoms with Gasteiger partial charge in [-0.15, -0.1) is 0 Å². The Kier molecular flexibility index (Phi) is 4.08. The Bertz CT molecular complexity index is 644. The van der Waals surface area contributed by atoms with E-state index in [2.05, 4.69) is 9.97 Å². The molecule has 0 atom stereocenters. The van der Waals surface area contributed by atoms with E-state index < -0.39 is 11.7 Å². The third-order valence-electron chi connectivity index (χ3n) is 2.44. The summed E-state index contributed by atoms with van der Waals surface area (Å²) in [5.41, 5.74) is -0.611. The lowest BCUT2D eigenvalue weighted by atomic mass is 10.1. The predicted molar refractivity (Wildman–Crippen MR) is 67.7 cm³/mol. The van der Waals surface area contributed by atoms with E-state index in [4.69, 9.17) is 0 Å². The van der Waals surface area contributed by atoms with Gasteiger partial charge in [-0.1, -0.05) is 0 Å². The highest BCUT2D eigenvalue weighted by atomic mass is 32.2. The van der Waals surface area contributed by atoms with Crippen molar-refractivity contribution in [2.75, 3.05) is 0 Å². The van der Waals surface area contributed by atoms with Gasteiger partial charge in [0, 0.05) is 22.3 Å². The van der Waals surface area contributed by atoms with Crippen LogP contribution in [0.5, 0.6) is 0 Å². The van der Waals surface area contributed by atoms with Crippen LogP contribution in [0.2, 0.25) is 0 Å². The van der Waals surface area contributed by atoms with Crippen LogP contribution >= 0.6 is 11.8 Å². The zero-order valence-electron chi connectivity index (χ0n) is 10.3. The molecule has 1 aromatic heterocycles. The maximum Gasteiger partial charge on any atom is 0.417 e. The Morgan fingerprint density at radius 2 is 2.00 bits per heavy atom. The van der Waals surface area contributed by atoms with Crippen LogP contribution < -0.4 is 0 Å². The molecule has 104 valence electrons. The van der Waals surface area contributed by atoms with Crippen molar-refractivity contribution in [2.24, 2.45) is 0 Å². The van der Waals surface area contributed by atoms with Crippen LogP contribution in [0.25, 0.3) is 0 Å². The second kappa shape index (κ2) is 5.62. The first kappa shape index (κ1) is 14.5. The number of rotatable bonds is 3. The number of nitrogens with zero attached hydrogens (tertiary/aromatic N) is 2. The molecule has 0 aliphatic carbocycles. The van der Waals surface area contributed by atoms with Crippen LogP contribution in [0.4, 0.5) is 13.2 Å². The average molecular weight is 298 g/mol. The Hall–Kier alpha value is -1.89. The molecule has 3 nitrogen and oxygen atoms in total. The van der Waals surface area contributed by atoms with Gasteiger partial charge in [-0.2, -0.15) is 13.2 Å². The minimum atomic E-state index is -4.57. The van der Waals surface area contributed by atoms with Crippen molar-refractivity contribution >= 4 is 18.0 Å². The maximum absolute atomic E-state index is 12.8. The molecule has 0 amide bonds. The van der Waals surface area contributed by atoms with Crippen molar-refractivity contribution in [2.45, 2.75) is 23.2 Å². The average Bonchev–Trinajstić information content (AvgIpc) is 2.37. The Balaban J connectivity index is 2.37. The molecule has 1 heterocycles. The topological polar surface area (TPSA) is 42.9 Å². The predicted octanol–water partition coefficient (Wildman–Crippen LogP) is 3.77. The van der Waals surface area contributed by atoms with Crippen LogP contribution in [0.15, 0.2) is 40.5 Å². The van der Waals surface area contributed by atoms with E-state index in [1.165, 1.54) is 12.3 Å². The summed E-state index contributed by atoms with van der Waals surface area (Å²) in [6.45, 7) is 1.77. The monoisotopic (exact) mass is 298 g/mol. The van der Waals surface area contributed by atoms with Gasteiger partial charge in [0.1, 0.15) is 0 Å². The number of hydrogen-bond donors (Lipinski definition) is 0. The molecular formula is C13H9F3N2OS. The summed E-state index contributed by atoms with van der Waals surface area (Å²) in [6, 6.07) is 5.21. The van der Waals surface area contributed by atoms with Gasteiger partial charge in [0.2, 0.25) is 0 Å². The number of benzene rings is 1. The summed E-state index contributed by atoms with van der Waals surface area (Å²) in [5.74, 6) is 0. The molecule has 0 spiro atoms. The number of carbonyl (C=O) groups is 1. The molecule has 0 fully saturated rings. The van der Waals surface area contributed by atoms with Gasteiger partial charge in [0.25, 0.3) is 0 Å². The molecule has 1 aromatic carbocycles. The lowest BCUT2D eigenvalue weighted by Crippen LogP contribution is -2.09. The number of halogens is 3. The maximum atomic E-state index is 12.8. The zero-order valence-corrected chi connectivity index (χ0v) is 11.1. The molecule has 0 aliphatic heterocycles. The fourth-order valence-corrected chi connectivity index (χ4v) is 2.35. The van der Waals surface area contributed by atoms with Gasteiger partial charge < -0.3 is 0 Å². The van der Waals surface area contributed by atoms with Crippen LogP contribution in [0, 0.1) is 6.92 Å². The lowest BCUT2D eigenvalue weighted by Gasteiger charge is -2.10. The summed E-state index contributed by atoms with van der Waals surface area (Å²) >= 11 is 1.01. The number of aldehydes is 1. The first-order valence-electron chi connectivity index (χ1n) is 5.54. The molecular weight excluding hydrogens is 289 g/mol. The molecule has 7 heteroatoms. The van der Waals surface area contributed by atoms with Crippen molar-refractivity contribution in [3.8, 4) is 0 Å². The van der Waals surface area contributed by atoms with Crippen molar-refractivity contribution in [3.05, 3.63) is 47.3 Å². The third kappa shape index (κ3) is 3.36. The molecule has 0 bridgehead atoms. The van der Waals surface area contributed by atoms with E-state index in [9.17, 15) is 18.0 Å². The van der Waals surface area contributed by atoms with Gasteiger partial charge in [-0.25, -0.2) is 9.97 Å². The van der Waals surface area contributed by atoms with E-state index in [1.807, 2.05) is 0 Å². The lowest BCUT2D eigenvalue weighted by molar-refractivity contribution is -0.138. The smallest absolute Gasteiger partial charge is 0.298 e. The number of aryl methyl sites for hydroxylation is 1. The normalized spacial score (nSPS) is 11.4. The highest BCUT2D eigenvalue weighted by molar-refractivity contribution is 7.99. The molecule has 20 heavy (non-hydrogen) atoms. The molecule has 0 radical (unpaired) electrons. The van der Waals surface area contributed by atoms with Crippen molar-refractivity contribution < 1.29 is 18.0 Å². The molecule has 2 aromatic rings. The standard InChI is InChI=1S/C13H9F3N2OS/c1-8-4-5-17-12(18-8)20-10-3-2-9(7-19)11(6-10)13(14,15)16/h2-7H,1H3. The Morgan fingerprint density at radius 3 is 2.60 bits per heavy atom. The minimum absolute atomic E-state index is 0.195. The van der Waals surface area contributed by atoms with Gasteiger partial charge in [0.15, 0.2) is 11.4 Å². The third-order valence-corrected chi connectivity index (χ3v) is 3.31. The molecule has 0 aliphatic rings. The first-order chi connectivity index (χ1) is 9.40. The van der Waals surface area contributed by atoms with Crippen molar-refractivity contribution in [1.82, 2.24) is 9.97 Å². The second-order valence-electron chi connectivity index (χ2n) is 3.95. The largest absolute Gasteiger partial charge is 0.417 e. The van der Waals surface area contributed by atoms with Crippen molar-refractivity contribution in [1.29, 1.82) is 0 Å². The summed E-state index contributed by atoms with van der Waals surface area (Å²) in [5, 5.41) is 0.358. The number of hydrogen-bond acceptors (Lipinski definition) is 4. The fraction of sp³-hybridized carbons (Fsp3) is 0.154. The van der Waals surface area contributed by atoms with E-state index in [1.54, 1.807) is 13.0 Å². The quantitative estimate of drug-likeness (QED) is 0.639. The highest BCUT2D eigenvalue weighted by Crippen LogP contribution is 2.35. The van der Waals surface area contributed by atoms with E-state index in [0.29, 0.717) is 10.1 Å².